The molecule has 3 aromatic heterocycles. The number of nitrogens with one attached hydrogen (secondary N) is 2. The molecule has 0 aliphatic heterocycles. The maximum absolute atomic E-state index is 14.6. The Morgan fingerprint density at radius 2 is 2.07 bits per heavy atom. The van der Waals surface area contributed by atoms with E-state index in [-0.39, 0.29) is 23.3 Å². The first-order chi connectivity index (χ1) is 14.6. The van der Waals surface area contributed by atoms with Gasteiger partial charge in [0.15, 0.2) is 11.6 Å². The minimum Gasteiger partial charge on any atom is -0.310 e. The van der Waals surface area contributed by atoms with Crippen molar-refractivity contribution in [3.63, 3.8) is 0 Å². The molecule has 0 saturated heterocycles. The number of H-pyrrole nitrogens is 1. The summed E-state index contributed by atoms with van der Waals surface area (Å²) in [6.45, 7) is 0. The zero-order valence-electron chi connectivity index (χ0n) is 15.5. The van der Waals surface area contributed by atoms with E-state index in [9.17, 15) is 9.18 Å². The summed E-state index contributed by atoms with van der Waals surface area (Å²) in [5.41, 5.74) is 1.87. The first-order valence-electron chi connectivity index (χ1n) is 9.27. The van der Waals surface area contributed by atoms with Crippen LogP contribution in [-0.4, -0.2) is 35.9 Å². The largest absolute Gasteiger partial charge is 0.310 e. The number of rotatable bonds is 5. The molecule has 3 heterocycles. The average Bonchev–Trinajstić information content (AvgIpc) is 3.28. The van der Waals surface area contributed by atoms with E-state index in [0.29, 0.717) is 27.7 Å². The molecule has 0 bridgehead atoms. The van der Waals surface area contributed by atoms with Gasteiger partial charge in [-0.05, 0) is 18.9 Å². The third-order valence-electron chi connectivity index (χ3n) is 4.78. The summed E-state index contributed by atoms with van der Waals surface area (Å²) in [6.07, 6.45) is 5.84. The number of carbonyl (C=O) groups is 1. The van der Waals surface area contributed by atoms with Crippen molar-refractivity contribution >= 4 is 23.3 Å². The highest BCUT2D eigenvalue weighted by Crippen LogP contribution is 2.35. The lowest BCUT2D eigenvalue weighted by atomic mass is 10.1. The van der Waals surface area contributed by atoms with Crippen LogP contribution in [-0.2, 0) is 4.79 Å². The second kappa shape index (κ2) is 7.34. The van der Waals surface area contributed by atoms with E-state index in [0.717, 1.165) is 19.0 Å². The summed E-state index contributed by atoms with van der Waals surface area (Å²) in [4.78, 5) is 20.2. The minimum atomic E-state index is -0.589. The number of aromatic amines is 1. The number of anilines is 1. The van der Waals surface area contributed by atoms with Crippen molar-refractivity contribution in [2.24, 2.45) is 5.92 Å². The van der Waals surface area contributed by atoms with Gasteiger partial charge in [0.05, 0.1) is 16.8 Å². The SMILES string of the molecule is O=C(Nc1cc(-n2cc(-c3nc[nH]n3)c(-c3ccccc3Cl)n2)c(F)cn1)C1CC1. The van der Waals surface area contributed by atoms with Gasteiger partial charge in [-0.3, -0.25) is 9.89 Å². The number of benzene rings is 1. The van der Waals surface area contributed by atoms with Gasteiger partial charge >= 0.3 is 0 Å². The molecule has 30 heavy (non-hydrogen) atoms. The van der Waals surface area contributed by atoms with Gasteiger partial charge in [-0.2, -0.15) is 10.2 Å². The normalized spacial score (nSPS) is 13.4. The topological polar surface area (TPSA) is 101 Å². The summed E-state index contributed by atoms with van der Waals surface area (Å²) >= 11 is 6.37. The van der Waals surface area contributed by atoms with Gasteiger partial charge < -0.3 is 5.32 Å². The van der Waals surface area contributed by atoms with Crippen molar-refractivity contribution in [2.75, 3.05) is 5.32 Å². The highest BCUT2D eigenvalue weighted by molar-refractivity contribution is 6.33. The average molecular weight is 424 g/mol. The van der Waals surface area contributed by atoms with Crippen LogP contribution in [0.1, 0.15) is 12.8 Å². The quantitative estimate of drug-likeness (QED) is 0.507. The van der Waals surface area contributed by atoms with E-state index >= 15 is 0 Å². The molecule has 2 N–H and O–H groups in total. The first-order valence-corrected chi connectivity index (χ1v) is 9.65. The van der Waals surface area contributed by atoms with Gasteiger partial charge in [0.2, 0.25) is 5.91 Å². The van der Waals surface area contributed by atoms with Crippen LogP contribution in [0, 0.1) is 11.7 Å². The number of hydrogen-bond acceptors (Lipinski definition) is 5. The van der Waals surface area contributed by atoms with Crippen molar-refractivity contribution < 1.29 is 9.18 Å². The summed E-state index contributed by atoms with van der Waals surface area (Å²) < 4.78 is 16.0. The highest BCUT2D eigenvalue weighted by Gasteiger charge is 2.30. The molecule has 5 rings (SSSR count). The zero-order chi connectivity index (χ0) is 20.7. The maximum atomic E-state index is 14.6. The number of carbonyl (C=O) groups excluding carboxylic acids is 1. The van der Waals surface area contributed by atoms with Gasteiger partial charge in [-0.1, -0.05) is 29.8 Å². The number of amides is 1. The molecule has 1 amide bonds. The Hall–Kier alpha value is -3.59. The Morgan fingerprint density at radius 1 is 1.23 bits per heavy atom. The number of halogens is 2. The van der Waals surface area contributed by atoms with Crippen molar-refractivity contribution in [3.05, 3.63) is 59.9 Å². The van der Waals surface area contributed by atoms with E-state index in [1.54, 1.807) is 12.3 Å². The fourth-order valence-corrected chi connectivity index (χ4v) is 3.32. The molecule has 8 nitrogen and oxygen atoms in total. The maximum Gasteiger partial charge on any atom is 0.228 e. The fraction of sp³-hybridized carbons (Fsp3) is 0.150. The first kappa shape index (κ1) is 18.4. The van der Waals surface area contributed by atoms with E-state index in [1.165, 1.54) is 17.1 Å². The molecule has 0 atom stereocenters. The molecule has 150 valence electrons. The van der Waals surface area contributed by atoms with Gasteiger partial charge in [0.1, 0.15) is 23.5 Å². The van der Waals surface area contributed by atoms with Crippen LogP contribution in [0.3, 0.4) is 0 Å². The van der Waals surface area contributed by atoms with Gasteiger partial charge in [0, 0.05) is 23.7 Å². The molecular weight excluding hydrogens is 409 g/mol. The lowest BCUT2D eigenvalue weighted by molar-refractivity contribution is -0.117. The van der Waals surface area contributed by atoms with E-state index in [2.05, 4.69) is 30.6 Å². The van der Waals surface area contributed by atoms with Crippen LogP contribution in [0.2, 0.25) is 5.02 Å². The molecule has 1 saturated carbocycles. The lowest BCUT2D eigenvalue weighted by Gasteiger charge is -2.07. The molecule has 10 heteroatoms. The Morgan fingerprint density at radius 3 is 2.80 bits per heavy atom. The van der Waals surface area contributed by atoms with E-state index < -0.39 is 5.82 Å². The smallest absolute Gasteiger partial charge is 0.228 e. The molecular formula is C20H15ClFN7O. The number of nitrogens with zero attached hydrogens (tertiary/aromatic N) is 5. The lowest BCUT2D eigenvalue weighted by Crippen LogP contribution is -2.15. The fourth-order valence-electron chi connectivity index (χ4n) is 3.10. The van der Waals surface area contributed by atoms with Crippen LogP contribution < -0.4 is 5.32 Å². The van der Waals surface area contributed by atoms with Gasteiger partial charge in [0.25, 0.3) is 0 Å². The van der Waals surface area contributed by atoms with E-state index in [1.807, 2.05) is 18.2 Å². The molecule has 4 aromatic rings. The van der Waals surface area contributed by atoms with Crippen LogP contribution in [0.5, 0.6) is 0 Å². The predicted molar refractivity (Wildman–Crippen MR) is 108 cm³/mol. The molecule has 0 radical (unpaired) electrons. The second-order valence-electron chi connectivity index (χ2n) is 6.92. The van der Waals surface area contributed by atoms with E-state index in [4.69, 9.17) is 11.6 Å². The molecule has 0 unspecified atom stereocenters. The van der Waals surface area contributed by atoms with Crippen LogP contribution >= 0.6 is 11.6 Å². The number of hydrogen-bond donors (Lipinski definition) is 2. The van der Waals surface area contributed by atoms with Gasteiger partial charge in [-0.15, -0.1) is 0 Å². The molecule has 1 aliphatic rings. The summed E-state index contributed by atoms with van der Waals surface area (Å²) in [7, 11) is 0. The minimum absolute atomic E-state index is 0.00849. The van der Waals surface area contributed by atoms with Crippen molar-refractivity contribution in [1.82, 2.24) is 29.9 Å². The zero-order valence-corrected chi connectivity index (χ0v) is 16.3. The molecule has 1 fully saturated rings. The summed E-state index contributed by atoms with van der Waals surface area (Å²) in [5, 5.41) is 14.6. The molecule has 1 aromatic carbocycles. The standard InChI is InChI=1S/C20H15ClFN7O/c21-14-4-2-1-3-12(14)18-13(19-24-10-25-27-19)9-29(28-18)16-7-17(23-8-15(16)22)26-20(30)11-5-6-11/h1-4,7-11H,5-6H2,(H,23,26,30)(H,24,25,27). The third kappa shape index (κ3) is 3.43. The number of pyridine rings is 1. The van der Waals surface area contributed by atoms with Crippen LogP contribution in [0.15, 0.2) is 49.1 Å². The van der Waals surface area contributed by atoms with Crippen LogP contribution in [0.4, 0.5) is 10.2 Å². The Balaban J connectivity index is 1.61. The summed E-state index contributed by atoms with van der Waals surface area (Å²) in [5.74, 6) is -0.0348. The van der Waals surface area contributed by atoms with Crippen LogP contribution in [0.25, 0.3) is 28.3 Å². The van der Waals surface area contributed by atoms with Gasteiger partial charge in [-0.25, -0.2) is 19.0 Å². The Kier molecular flexibility index (Phi) is 4.51. The second-order valence-corrected chi connectivity index (χ2v) is 7.33. The summed E-state index contributed by atoms with van der Waals surface area (Å²) in [6, 6.07) is 8.65. The van der Waals surface area contributed by atoms with Crippen molar-refractivity contribution in [2.45, 2.75) is 12.8 Å². The van der Waals surface area contributed by atoms with Crippen molar-refractivity contribution in [1.29, 1.82) is 0 Å². The monoisotopic (exact) mass is 423 g/mol. The third-order valence-corrected chi connectivity index (χ3v) is 5.11. The highest BCUT2D eigenvalue weighted by atomic mass is 35.5. The predicted octanol–water partition coefficient (Wildman–Crippen LogP) is 3.86. The molecule has 0 spiro atoms. The number of aromatic nitrogens is 6. The Bertz CT molecular complexity index is 1230. The Labute approximate surface area is 175 Å². The molecule has 1 aliphatic carbocycles. The van der Waals surface area contributed by atoms with Crippen molar-refractivity contribution in [3.8, 4) is 28.3 Å².